The minimum atomic E-state index is -4.43. The monoisotopic (exact) mass is 360 g/mol. The van der Waals surface area contributed by atoms with Gasteiger partial charge >= 0.3 is 6.18 Å². The summed E-state index contributed by atoms with van der Waals surface area (Å²) in [5.74, 6) is -5.27. The standard InChI is InChI=1S/C17H23F3N2O3/c1-8(2)22-12(23)7-11(16(22)25)21-15(24)13-9-3-5-10(6-4-9)14(13)17(18,19)20/h8-11,13-14H,3-7H2,1-2H3,(H,21,24)/t9?,10?,11?,13-,14-/m0/s1. The molecule has 2 bridgehead atoms. The van der Waals surface area contributed by atoms with Gasteiger partial charge in [0.2, 0.25) is 11.8 Å². The predicted molar refractivity (Wildman–Crippen MR) is 82.0 cm³/mol. The number of halogens is 3. The van der Waals surface area contributed by atoms with Crippen LogP contribution in [0.25, 0.3) is 0 Å². The number of imide groups is 1. The Morgan fingerprint density at radius 3 is 2.16 bits per heavy atom. The van der Waals surface area contributed by atoms with Gasteiger partial charge in [-0.1, -0.05) is 0 Å². The number of fused-ring (bicyclic) bond motifs is 3. The van der Waals surface area contributed by atoms with Crippen molar-refractivity contribution in [3.05, 3.63) is 0 Å². The van der Waals surface area contributed by atoms with Gasteiger partial charge in [0.05, 0.1) is 18.3 Å². The maximum atomic E-state index is 13.5. The normalized spacial score (nSPS) is 35.6. The van der Waals surface area contributed by atoms with E-state index >= 15 is 0 Å². The summed E-state index contributed by atoms with van der Waals surface area (Å²) in [6, 6.07) is -1.38. The van der Waals surface area contributed by atoms with E-state index in [0.29, 0.717) is 25.7 Å². The van der Waals surface area contributed by atoms with Gasteiger partial charge in [-0.25, -0.2) is 0 Å². The van der Waals surface area contributed by atoms with Gasteiger partial charge in [-0.2, -0.15) is 13.2 Å². The van der Waals surface area contributed by atoms with E-state index in [9.17, 15) is 27.6 Å². The first kappa shape index (κ1) is 18.2. The van der Waals surface area contributed by atoms with Crippen molar-refractivity contribution in [2.45, 2.75) is 64.2 Å². The number of hydrogen-bond acceptors (Lipinski definition) is 3. The zero-order valence-corrected chi connectivity index (χ0v) is 14.3. The van der Waals surface area contributed by atoms with Gasteiger partial charge in [-0.15, -0.1) is 0 Å². The van der Waals surface area contributed by atoms with E-state index in [1.165, 1.54) is 0 Å². The number of nitrogens with zero attached hydrogens (tertiary/aromatic N) is 1. The number of likely N-dealkylation sites (tertiary alicyclic amines) is 1. The van der Waals surface area contributed by atoms with Crippen LogP contribution in [0.15, 0.2) is 0 Å². The van der Waals surface area contributed by atoms with Crippen molar-refractivity contribution >= 4 is 17.7 Å². The number of alkyl halides is 3. The molecule has 0 aromatic rings. The summed E-state index contributed by atoms with van der Waals surface area (Å²) in [5.41, 5.74) is 0. The predicted octanol–water partition coefficient (Wildman–Crippen LogP) is 2.25. The highest BCUT2D eigenvalue weighted by atomic mass is 19.4. The summed E-state index contributed by atoms with van der Waals surface area (Å²) < 4.78 is 40.6. The van der Waals surface area contributed by atoms with Crippen LogP contribution in [0.4, 0.5) is 13.2 Å². The van der Waals surface area contributed by atoms with Gasteiger partial charge in [-0.05, 0) is 51.4 Å². The molecule has 25 heavy (non-hydrogen) atoms. The molecule has 1 aliphatic heterocycles. The largest absolute Gasteiger partial charge is 0.392 e. The number of amides is 3. The van der Waals surface area contributed by atoms with Gasteiger partial charge in [0.1, 0.15) is 6.04 Å². The van der Waals surface area contributed by atoms with Crippen LogP contribution in [0.3, 0.4) is 0 Å². The fourth-order valence-electron chi connectivity index (χ4n) is 4.87. The molecule has 8 heteroatoms. The molecule has 0 radical (unpaired) electrons. The molecule has 3 aliphatic carbocycles. The Morgan fingerprint density at radius 1 is 1.12 bits per heavy atom. The van der Waals surface area contributed by atoms with Gasteiger partial charge in [-0.3, -0.25) is 19.3 Å². The summed E-state index contributed by atoms with van der Waals surface area (Å²) in [6.07, 6.45) is -2.37. The zero-order valence-electron chi connectivity index (χ0n) is 14.3. The van der Waals surface area contributed by atoms with Crippen LogP contribution in [0.1, 0.15) is 46.0 Å². The molecule has 0 aromatic carbocycles. The number of hydrogen-bond donors (Lipinski definition) is 1. The van der Waals surface area contributed by atoms with Crippen molar-refractivity contribution in [3.63, 3.8) is 0 Å². The summed E-state index contributed by atoms with van der Waals surface area (Å²) in [5, 5.41) is 2.45. The molecule has 4 aliphatic rings. The lowest BCUT2D eigenvalue weighted by Gasteiger charge is -2.48. The highest BCUT2D eigenvalue weighted by Crippen LogP contribution is 2.54. The summed E-state index contributed by atoms with van der Waals surface area (Å²) in [4.78, 5) is 37.9. The minimum absolute atomic E-state index is 0.180. The van der Waals surface area contributed by atoms with Gasteiger partial charge < -0.3 is 5.32 Å². The lowest BCUT2D eigenvalue weighted by atomic mass is 9.58. The van der Waals surface area contributed by atoms with Crippen molar-refractivity contribution in [2.75, 3.05) is 0 Å². The van der Waals surface area contributed by atoms with E-state index in [2.05, 4.69) is 5.32 Å². The number of carbonyl (C=O) groups is 3. The Labute approximate surface area is 144 Å². The third kappa shape index (κ3) is 3.15. The van der Waals surface area contributed by atoms with E-state index < -0.39 is 47.7 Å². The minimum Gasteiger partial charge on any atom is -0.344 e. The summed E-state index contributed by atoms with van der Waals surface area (Å²) >= 11 is 0. The Bertz CT molecular complexity index is 582. The quantitative estimate of drug-likeness (QED) is 0.785. The van der Waals surface area contributed by atoms with E-state index in [-0.39, 0.29) is 18.4 Å². The Balaban J connectivity index is 1.76. The molecule has 3 saturated carbocycles. The molecule has 1 unspecified atom stereocenters. The van der Waals surface area contributed by atoms with Crippen LogP contribution < -0.4 is 5.32 Å². The Hall–Kier alpha value is -1.60. The molecule has 3 atom stereocenters. The highest BCUT2D eigenvalue weighted by molar-refractivity contribution is 6.07. The maximum Gasteiger partial charge on any atom is 0.392 e. The maximum absolute atomic E-state index is 13.5. The molecule has 3 amide bonds. The van der Waals surface area contributed by atoms with E-state index in [1.54, 1.807) is 13.8 Å². The first-order valence-corrected chi connectivity index (χ1v) is 8.84. The smallest absolute Gasteiger partial charge is 0.344 e. The zero-order chi connectivity index (χ0) is 18.5. The Morgan fingerprint density at radius 2 is 1.68 bits per heavy atom. The van der Waals surface area contributed by atoms with Crippen LogP contribution in [0.5, 0.6) is 0 Å². The van der Waals surface area contributed by atoms with Crippen molar-refractivity contribution in [1.82, 2.24) is 10.2 Å². The van der Waals surface area contributed by atoms with Crippen LogP contribution in [0.2, 0.25) is 0 Å². The van der Waals surface area contributed by atoms with Crippen LogP contribution in [0, 0.1) is 23.7 Å². The molecule has 0 spiro atoms. The summed E-state index contributed by atoms with van der Waals surface area (Å²) in [7, 11) is 0. The molecule has 1 N–H and O–H groups in total. The topological polar surface area (TPSA) is 66.5 Å². The fraction of sp³-hybridized carbons (Fsp3) is 0.824. The molecular formula is C17H23F3N2O3. The Kier molecular flexibility index (Phi) is 4.58. The first-order valence-electron chi connectivity index (χ1n) is 8.84. The fourth-order valence-corrected chi connectivity index (χ4v) is 4.87. The van der Waals surface area contributed by atoms with Crippen LogP contribution in [-0.4, -0.2) is 40.9 Å². The number of rotatable bonds is 3. The van der Waals surface area contributed by atoms with Gasteiger partial charge in [0.15, 0.2) is 0 Å². The van der Waals surface area contributed by atoms with E-state index in [1.807, 2.05) is 0 Å². The number of nitrogens with one attached hydrogen (secondary N) is 1. The molecule has 5 nitrogen and oxygen atoms in total. The van der Waals surface area contributed by atoms with E-state index in [4.69, 9.17) is 0 Å². The lowest BCUT2D eigenvalue weighted by molar-refractivity contribution is -0.229. The third-order valence-corrected chi connectivity index (χ3v) is 5.92. The second-order valence-electron chi connectivity index (χ2n) is 7.73. The average Bonchev–Trinajstić information content (AvgIpc) is 2.80. The van der Waals surface area contributed by atoms with Crippen molar-refractivity contribution < 1.29 is 27.6 Å². The van der Waals surface area contributed by atoms with Crippen molar-refractivity contribution in [3.8, 4) is 0 Å². The second kappa shape index (κ2) is 6.29. The van der Waals surface area contributed by atoms with E-state index in [0.717, 1.165) is 4.90 Å². The molecule has 4 fully saturated rings. The van der Waals surface area contributed by atoms with Crippen LogP contribution >= 0.6 is 0 Å². The first-order chi connectivity index (χ1) is 11.6. The van der Waals surface area contributed by atoms with Crippen LogP contribution in [-0.2, 0) is 14.4 Å². The molecule has 4 rings (SSSR count). The van der Waals surface area contributed by atoms with Gasteiger partial charge in [0.25, 0.3) is 5.91 Å². The van der Waals surface area contributed by atoms with Gasteiger partial charge in [0, 0.05) is 6.04 Å². The second-order valence-corrected chi connectivity index (χ2v) is 7.73. The highest BCUT2D eigenvalue weighted by Gasteiger charge is 2.58. The molecule has 1 heterocycles. The lowest BCUT2D eigenvalue weighted by Crippen LogP contribution is -2.55. The third-order valence-electron chi connectivity index (χ3n) is 5.92. The average molecular weight is 360 g/mol. The molecule has 1 saturated heterocycles. The van der Waals surface area contributed by atoms with Crippen molar-refractivity contribution in [1.29, 1.82) is 0 Å². The SMILES string of the molecule is CC(C)N1C(=O)CC(NC(=O)[C@H]2C3CCC(CC3)[C@@H]2C(F)(F)F)C1=O. The molecular weight excluding hydrogens is 337 g/mol. The number of carbonyl (C=O) groups excluding carboxylic acids is 3. The van der Waals surface area contributed by atoms with Crippen molar-refractivity contribution in [2.24, 2.45) is 23.7 Å². The summed E-state index contributed by atoms with van der Waals surface area (Å²) in [6.45, 7) is 3.36. The molecule has 140 valence electrons. The molecule has 0 aromatic heterocycles.